The van der Waals surface area contributed by atoms with Crippen LogP contribution in [0.5, 0.6) is 0 Å². The zero-order valence-corrected chi connectivity index (χ0v) is 10.7. The number of rotatable bonds is 5. The first-order valence-electron chi connectivity index (χ1n) is 5.05. The Hall–Kier alpha value is -0.903. The minimum absolute atomic E-state index is 0.910. The van der Waals surface area contributed by atoms with E-state index in [-0.39, 0.29) is 0 Å². The summed E-state index contributed by atoms with van der Waals surface area (Å²) in [5.74, 6) is 0. The lowest BCUT2D eigenvalue weighted by atomic mass is 10.1. The Morgan fingerprint density at radius 3 is 2.33 bits per heavy atom. The smallest absolute Gasteiger partial charge is 0.324 e. The lowest BCUT2D eigenvalue weighted by Crippen LogP contribution is -2.17. The molecule has 15 heavy (non-hydrogen) atoms. The molecule has 0 heterocycles. The molecule has 1 aromatic carbocycles. The first kappa shape index (κ1) is 12.2. The summed E-state index contributed by atoms with van der Waals surface area (Å²) < 4.78 is 10.5. The van der Waals surface area contributed by atoms with Crippen LogP contribution >= 0.6 is 0 Å². The van der Waals surface area contributed by atoms with Crippen molar-refractivity contribution in [1.29, 1.82) is 0 Å². The van der Waals surface area contributed by atoms with Gasteiger partial charge in [-0.1, -0.05) is 36.4 Å². The van der Waals surface area contributed by atoms with Gasteiger partial charge in [0.2, 0.25) is 0 Å². The summed E-state index contributed by atoms with van der Waals surface area (Å²) in [5, 5.41) is 0. The van der Waals surface area contributed by atoms with Crippen LogP contribution in [0.3, 0.4) is 0 Å². The molecule has 0 aromatic heterocycles. The van der Waals surface area contributed by atoms with Crippen molar-refractivity contribution in [2.24, 2.45) is 0 Å². The molecule has 1 aromatic rings. The molecule has 0 atom stereocenters. The van der Waals surface area contributed by atoms with Crippen LogP contribution in [0.25, 0.3) is 5.57 Å². The van der Waals surface area contributed by atoms with E-state index in [1.807, 2.05) is 18.2 Å². The molecule has 3 heteroatoms. The lowest BCUT2D eigenvalue weighted by Gasteiger charge is -2.08. The van der Waals surface area contributed by atoms with Gasteiger partial charge in [-0.3, -0.25) is 0 Å². The molecule has 0 spiro atoms. The molecule has 82 valence electrons. The largest absolute Gasteiger partial charge is 0.400 e. The molecule has 1 rings (SSSR count). The second-order valence-electron chi connectivity index (χ2n) is 3.39. The molecule has 0 aliphatic rings. The Kier molecular flexibility index (Phi) is 5.32. The fourth-order valence-electron chi connectivity index (χ4n) is 1.38. The summed E-state index contributed by atoms with van der Waals surface area (Å²) >= 11 is 0. The Morgan fingerprint density at radius 2 is 1.80 bits per heavy atom. The van der Waals surface area contributed by atoms with Crippen molar-refractivity contribution in [2.45, 2.75) is 13.0 Å². The van der Waals surface area contributed by atoms with Crippen molar-refractivity contribution in [3.63, 3.8) is 0 Å². The van der Waals surface area contributed by atoms with Crippen LogP contribution in [0.15, 0.2) is 36.4 Å². The SMILES string of the molecule is CO[SiH](CC=C(C)c1ccccc1)OC. The van der Waals surface area contributed by atoms with Gasteiger partial charge in [0.05, 0.1) is 0 Å². The molecule has 0 aliphatic heterocycles. The third-order valence-electron chi connectivity index (χ3n) is 2.37. The van der Waals surface area contributed by atoms with Crippen LogP contribution in [-0.2, 0) is 8.85 Å². The van der Waals surface area contributed by atoms with Gasteiger partial charge < -0.3 is 8.85 Å². The second-order valence-corrected chi connectivity index (χ2v) is 5.66. The van der Waals surface area contributed by atoms with Crippen LogP contribution in [0.1, 0.15) is 12.5 Å². The molecule has 0 bridgehead atoms. The molecular weight excluding hydrogens is 204 g/mol. The molecule has 0 N–H and O–H groups in total. The Morgan fingerprint density at radius 1 is 1.20 bits per heavy atom. The van der Waals surface area contributed by atoms with E-state index >= 15 is 0 Å². The van der Waals surface area contributed by atoms with E-state index in [9.17, 15) is 0 Å². The van der Waals surface area contributed by atoms with E-state index in [0.29, 0.717) is 0 Å². The number of hydrogen-bond donors (Lipinski definition) is 0. The van der Waals surface area contributed by atoms with Gasteiger partial charge in [0.15, 0.2) is 0 Å². The van der Waals surface area contributed by atoms with Crippen molar-refractivity contribution >= 4 is 14.9 Å². The van der Waals surface area contributed by atoms with Crippen LogP contribution in [0.2, 0.25) is 6.04 Å². The summed E-state index contributed by atoms with van der Waals surface area (Å²) in [5.41, 5.74) is 2.54. The van der Waals surface area contributed by atoms with Crippen molar-refractivity contribution < 1.29 is 8.85 Å². The van der Waals surface area contributed by atoms with Crippen LogP contribution in [-0.4, -0.2) is 23.5 Å². The molecule has 2 nitrogen and oxygen atoms in total. The quantitative estimate of drug-likeness (QED) is 0.713. The van der Waals surface area contributed by atoms with E-state index in [1.54, 1.807) is 14.2 Å². The third-order valence-corrected chi connectivity index (χ3v) is 4.04. The molecular formula is C12H18O2Si. The highest BCUT2D eigenvalue weighted by Crippen LogP contribution is 2.14. The predicted molar refractivity (Wildman–Crippen MR) is 66.1 cm³/mol. The van der Waals surface area contributed by atoms with Gasteiger partial charge in [0, 0.05) is 20.3 Å². The van der Waals surface area contributed by atoms with E-state index < -0.39 is 9.28 Å². The van der Waals surface area contributed by atoms with Gasteiger partial charge in [-0.2, -0.15) is 0 Å². The van der Waals surface area contributed by atoms with Crippen LogP contribution in [0, 0.1) is 0 Å². The molecule has 0 saturated heterocycles. The first-order valence-corrected chi connectivity index (χ1v) is 6.81. The van der Waals surface area contributed by atoms with E-state index in [0.717, 1.165) is 6.04 Å². The molecule has 0 fully saturated rings. The van der Waals surface area contributed by atoms with Gasteiger partial charge >= 0.3 is 9.28 Å². The summed E-state index contributed by atoms with van der Waals surface area (Å²) in [7, 11) is 1.98. The maximum atomic E-state index is 5.26. The van der Waals surface area contributed by atoms with E-state index in [1.165, 1.54) is 11.1 Å². The minimum Gasteiger partial charge on any atom is -0.400 e. The summed E-state index contributed by atoms with van der Waals surface area (Å²) in [6.07, 6.45) is 2.19. The fraction of sp³-hybridized carbons (Fsp3) is 0.333. The second kappa shape index (κ2) is 6.56. The fourth-order valence-corrected chi connectivity index (χ4v) is 2.50. The molecule has 0 amide bonds. The zero-order chi connectivity index (χ0) is 11.1. The zero-order valence-electron chi connectivity index (χ0n) is 9.57. The standard InChI is InChI=1S/C12H18O2Si/c1-11(9-10-15(13-2)14-3)12-7-5-4-6-8-12/h4-9,15H,10H2,1-3H3. The van der Waals surface area contributed by atoms with Crippen LogP contribution < -0.4 is 0 Å². The van der Waals surface area contributed by atoms with Crippen molar-refractivity contribution in [2.75, 3.05) is 14.2 Å². The average Bonchev–Trinajstić information content (AvgIpc) is 2.31. The molecule has 0 aliphatic carbocycles. The maximum Gasteiger partial charge on any atom is 0.324 e. The Bertz CT molecular complexity index is 305. The maximum absolute atomic E-state index is 5.26. The summed E-state index contributed by atoms with van der Waals surface area (Å²) in [6.45, 7) is 2.12. The van der Waals surface area contributed by atoms with Gasteiger partial charge in [-0.25, -0.2) is 0 Å². The minimum atomic E-state index is -1.45. The molecule has 0 saturated carbocycles. The van der Waals surface area contributed by atoms with Crippen molar-refractivity contribution in [3.05, 3.63) is 42.0 Å². The van der Waals surface area contributed by atoms with Crippen molar-refractivity contribution in [3.8, 4) is 0 Å². The highest BCUT2D eigenvalue weighted by atomic mass is 28.3. The number of hydrogen-bond acceptors (Lipinski definition) is 2. The average molecular weight is 222 g/mol. The van der Waals surface area contributed by atoms with Gasteiger partial charge in [0.25, 0.3) is 0 Å². The molecule has 0 unspecified atom stereocenters. The Balaban J connectivity index is 2.60. The highest BCUT2D eigenvalue weighted by molar-refractivity contribution is 6.45. The topological polar surface area (TPSA) is 18.5 Å². The first-order chi connectivity index (χ1) is 7.27. The number of benzene rings is 1. The van der Waals surface area contributed by atoms with E-state index in [2.05, 4.69) is 25.1 Å². The Labute approximate surface area is 93.4 Å². The molecule has 0 radical (unpaired) electrons. The van der Waals surface area contributed by atoms with Crippen molar-refractivity contribution in [1.82, 2.24) is 0 Å². The monoisotopic (exact) mass is 222 g/mol. The lowest BCUT2D eigenvalue weighted by molar-refractivity contribution is 0.281. The predicted octanol–water partition coefficient (Wildman–Crippen LogP) is 2.60. The van der Waals surface area contributed by atoms with E-state index in [4.69, 9.17) is 8.85 Å². The normalized spacial score (nSPS) is 12.1. The van der Waals surface area contributed by atoms with Gasteiger partial charge in [-0.05, 0) is 18.1 Å². The van der Waals surface area contributed by atoms with Crippen LogP contribution in [0.4, 0.5) is 0 Å². The van der Waals surface area contributed by atoms with Gasteiger partial charge in [-0.15, -0.1) is 0 Å². The summed E-state index contributed by atoms with van der Waals surface area (Å²) in [4.78, 5) is 0. The summed E-state index contributed by atoms with van der Waals surface area (Å²) in [6, 6.07) is 11.3. The third kappa shape index (κ3) is 3.99. The highest BCUT2D eigenvalue weighted by Gasteiger charge is 2.06. The number of allylic oxidation sites excluding steroid dienone is 2. The van der Waals surface area contributed by atoms with Gasteiger partial charge in [0.1, 0.15) is 0 Å².